The van der Waals surface area contributed by atoms with Crippen LogP contribution in [-0.2, 0) is 11.3 Å². The van der Waals surface area contributed by atoms with Gasteiger partial charge in [-0.05, 0) is 33.6 Å². The number of aliphatic hydroxyl groups is 1. The zero-order valence-corrected chi connectivity index (χ0v) is 13.8. The predicted octanol–water partition coefficient (Wildman–Crippen LogP) is 2.10. The van der Waals surface area contributed by atoms with Gasteiger partial charge in [0.25, 0.3) is 0 Å². The Morgan fingerprint density at radius 1 is 1.38 bits per heavy atom. The van der Waals surface area contributed by atoms with Gasteiger partial charge in [-0.3, -0.25) is 4.68 Å². The van der Waals surface area contributed by atoms with Crippen LogP contribution in [-0.4, -0.2) is 40.7 Å². The molecular weight excluding hydrogens is 266 g/mol. The van der Waals surface area contributed by atoms with Crippen molar-refractivity contribution in [3.8, 4) is 0 Å². The second kappa shape index (κ2) is 6.90. The average molecular weight is 295 g/mol. The van der Waals surface area contributed by atoms with E-state index < -0.39 is 5.60 Å². The summed E-state index contributed by atoms with van der Waals surface area (Å²) in [4.78, 5) is 0. The number of methoxy groups -OCH3 is 1. The van der Waals surface area contributed by atoms with Crippen LogP contribution in [0.5, 0.6) is 0 Å². The highest BCUT2D eigenvalue weighted by Gasteiger charge is 2.31. The number of nitrogens with zero attached hydrogens (tertiary/aromatic N) is 2. The van der Waals surface area contributed by atoms with Crippen molar-refractivity contribution in [3.05, 3.63) is 17.0 Å². The van der Waals surface area contributed by atoms with E-state index in [1.54, 1.807) is 7.11 Å². The van der Waals surface area contributed by atoms with Gasteiger partial charge >= 0.3 is 0 Å². The molecule has 1 unspecified atom stereocenters. The Morgan fingerprint density at radius 2 is 2.05 bits per heavy atom. The lowest BCUT2D eigenvalue weighted by molar-refractivity contribution is 0.0453. The molecule has 1 aliphatic rings. The number of hydrogen-bond acceptors (Lipinski definition) is 4. The quantitative estimate of drug-likeness (QED) is 0.809. The first-order valence-corrected chi connectivity index (χ1v) is 7.95. The molecule has 120 valence electrons. The molecule has 1 aromatic rings. The van der Waals surface area contributed by atoms with E-state index in [2.05, 4.69) is 24.3 Å². The van der Waals surface area contributed by atoms with Gasteiger partial charge in [0.15, 0.2) is 0 Å². The molecule has 1 aromatic heterocycles. The first-order chi connectivity index (χ1) is 9.97. The smallest absolute Gasteiger partial charge is 0.0771 e. The van der Waals surface area contributed by atoms with Gasteiger partial charge < -0.3 is 15.2 Å². The summed E-state index contributed by atoms with van der Waals surface area (Å²) in [5.74, 6) is 0. The molecule has 0 amide bonds. The van der Waals surface area contributed by atoms with Crippen molar-refractivity contribution in [2.45, 2.75) is 64.6 Å². The molecule has 0 aromatic carbocycles. The Labute approximate surface area is 127 Å². The second-order valence-corrected chi connectivity index (χ2v) is 6.33. The van der Waals surface area contributed by atoms with Crippen molar-refractivity contribution in [1.82, 2.24) is 15.1 Å². The lowest BCUT2D eigenvalue weighted by atomic mass is 10.0. The highest BCUT2D eigenvalue weighted by Crippen LogP contribution is 2.30. The minimum absolute atomic E-state index is 0.200. The maximum absolute atomic E-state index is 10.4. The van der Waals surface area contributed by atoms with E-state index in [4.69, 9.17) is 4.74 Å². The Morgan fingerprint density at radius 3 is 2.67 bits per heavy atom. The van der Waals surface area contributed by atoms with Crippen LogP contribution in [0.2, 0.25) is 0 Å². The van der Waals surface area contributed by atoms with Gasteiger partial charge in [0.1, 0.15) is 0 Å². The molecule has 1 heterocycles. The molecule has 0 radical (unpaired) electrons. The monoisotopic (exact) mass is 295 g/mol. The van der Waals surface area contributed by atoms with E-state index in [0.29, 0.717) is 13.2 Å². The number of rotatable bonds is 7. The highest BCUT2D eigenvalue weighted by atomic mass is 16.5. The van der Waals surface area contributed by atoms with Crippen molar-refractivity contribution in [1.29, 1.82) is 0 Å². The van der Waals surface area contributed by atoms with Crippen molar-refractivity contribution in [3.63, 3.8) is 0 Å². The van der Waals surface area contributed by atoms with Crippen LogP contribution in [0.1, 0.15) is 55.6 Å². The van der Waals surface area contributed by atoms with Gasteiger partial charge in [-0.1, -0.05) is 12.8 Å². The minimum atomic E-state index is -0.512. The molecule has 0 spiro atoms. The fourth-order valence-corrected chi connectivity index (χ4v) is 3.39. The number of hydrogen-bond donors (Lipinski definition) is 2. The van der Waals surface area contributed by atoms with Crippen LogP contribution in [0.4, 0.5) is 0 Å². The fourth-order valence-electron chi connectivity index (χ4n) is 3.39. The molecule has 0 aliphatic heterocycles. The molecule has 0 bridgehead atoms. The summed E-state index contributed by atoms with van der Waals surface area (Å²) in [7, 11) is 1.71. The lowest BCUT2D eigenvalue weighted by Crippen LogP contribution is -2.39. The highest BCUT2D eigenvalue weighted by molar-refractivity contribution is 5.27. The second-order valence-electron chi connectivity index (χ2n) is 6.33. The maximum Gasteiger partial charge on any atom is 0.0771 e. The molecule has 5 heteroatoms. The first kappa shape index (κ1) is 16.5. The summed E-state index contributed by atoms with van der Waals surface area (Å²) < 4.78 is 7.14. The van der Waals surface area contributed by atoms with Gasteiger partial charge in [-0.25, -0.2) is 0 Å². The van der Waals surface area contributed by atoms with Gasteiger partial charge in [0.2, 0.25) is 0 Å². The number of aryl methyl sites for hydroxylation is 1. The summed E-state index contributed by atoms with van der Waals surface area (Å²) in [6.07, 6.45) is 4.11. The van der Waals surface area contributed by atoms with Gasteiger partial charge in [-0.2, -0.15) is 5.10 Å². The molecule has 1 atom stereocenters. The molecule has 21 heavy (non-hydrogen) atoms. The Bertz CT molecular complexity index is 464. The number of nitrogens with one attached hydrogen (secondary N) is 1. The van der Waals surface area contributed by atoms with Crippen molar-refractivity contribution in [2.75, 3.05) is 20.3 Å². The molecule has 0 saturated heterocycles. The Balaban J connectivity index is 2.01. The lowest BCUT2D eigenvalue weighted by Gasteiger charge is -2.25. The summed E-state index contributed by atoms with van der Waals surface area (Å²) in [5, 5.41) is 18.5. The summed E-state index contributed by atoms with van der Waals surface area (Å²) >= 11 is 0. The van der Waals surface area contributed by atoms with Crippen LogP contribution >= 0.6 is 0 Å². The largest absolute Gasteiger partial charge is 0.389 e. The van der Waals surface area contributed by atoms with Crippen LogP contribution < -0.4 is 5.32 Å². The van der Waals surface area contributed by atoms with E-state index >= 15 is 0 Å². The standard InChI is InChI=1S/C16H29N3O2/c1-12(17-11-16(20)7-5-6-8-16)15-13(2)18-19(14(15)3)9-10-21-4/h12,17,20H,5-11H2,1-4H3. The summed E-state index contributed by atoms with van der Waals surface area (Å²) in [5.41, 5.74) is 2.97. The van der Waals surface area contributed by atoms with E-state index in [1.807, 2.05) is 11.6 Å². The maximum atomic E-state index is 10.4. The Kier molecular flexibility index (Phi) is 5.41. The van der Waals surface area contributed by atoms with Crippen molar-refractivity contribution < 1.29 is 9.84 Å². The van der Waals surface area contributed by atoms with Crippen LogP contribution in [0.25, 0.3) is 0 Å². The molecule has 1 aliphatic carbocycles. The number of aromatic nitrogens is 2. The molecular formula is C16H29N3O2. The van der Waals surface area contributed by atoms with E-state index in [0.717, 1.165) is 37.9 Å². The first-order valence-electron chi connectivity index (χ1n) is 7.95. The van der Waals surface area contributed by atoms with Gasteiger partial charge in [-0.15, -0.1) is 0 Å². The fraction of sp³-hybridized carbons (Fsp3) is 0.812. The van der Waals surface area contributed by atoms with Crippen LogP contribution in [0.3, 0.4) is 0 Å². The average Bonchev–Trinajstić information content (AvgIpc) is 2.99. The topological polar surface area (TPSA) is 59.3 Å². The minimum Gasteiger partial charge on any atom is -0.389 e. The van der Waals surface area contributed by atoms with Crippen molar-refractivity contribution in [2.24, 2.45) is 0 Å². The zero-order valence-electron chi connectivity index (χ0n) is 13.8. The molecule has 2 rings (SSSR count). The molecule has 5 nitrogen and oxygen atoms in total. The third-order valence-corrected chi connectivity index (χ3v) is 4.65. The van der Waals surface area contributed by atoms with Gasteiger partial charge in [0, 0.05) is 31.0 Å². The summed E-state index contributed by atoms with van der Waals surface area (Å²) in [6, 6.07) is 0.200. The SMILES string of the molecule is COCCn1nc(C)c(C(C)NCC2(O)CCCC2)c1C. The summed E-state index contributed by atoms with van der Waals surface area (Å²) in [6.45, 7) is 8.41. The Hall–Kier alpha value is -0.910. The molecule has 1 fully saturated rings. The predicted molar refractivity (Wildman–Crippen MR) is 83.4 cm³/mol. The van der Waals surface area contributed by atoms with E-state index in [1.165, 1.54) is 11.3 Å². The number of ether oxygens (including phenoxy) is 1. The van der Waals surface area contributed by atoms with Gasteiger partial charge in [0.05, 0.1) is 24.4 Å². The zero-order chi connectivity index (χ0) is 15.5. The molecule has 2 N–H and O–H groups in total. The third kappa shape index (κ3) is 3.84. The van der Waals surface area contributed by atoms with E-state index in [-0.39, 0.29) is 6.04 Å². The van der Waals surface area contributed by atoms with Crippen LogP contribution in [0.15, 0.2) is 0 Å². The van der Waals surface area contributed by atoms with Crippen molar-refractivity contribution >= 4 is 0 Å². The molecule has 1 saturated carbocycles. The van der Waals surface area contributed by atoms with E-state index in [9.17, 15) is 5.11 Å². The third-order valence-electron chi connectivity index (χ3n) is 4.65. The van der Waals surface area contributed by atoms with Crippen LogP contribution in [0, 0.1) is 13.8 Å². The normalized spacial score (nSPS) is 19.1.